The van der Waals surface area contributed by atoms with Crippen LogP contribution in [0.4, 0.5) is 10.1 Å². The number of nitrogens with one attached hydrogen (secondary N) is 3. The van der Waals surface area contributed by atoms with Crippen molar-refractivity contribution >= 4 is 17.5 Å². The molecule has 0 unspecified atom stereocenters. The van der Waals surface area contributed by atoms with Gasteiger partial charge in [0.25, 0.3) is 5.91 Å². The maximum atomic E-state index is 13.4. The second-order valence-corrected chi connectivity index (χ2v) is 6.79. The van der Waals surface area contributed by atoms with Gasteiger partial charge in [-0.15, -0.1) is 0 Å². The minimum atomic E-state index is -0.393. The number of benzene rings is 2. The number of carbonyl (C=O) groups excluding carboxylic acids is 2. The Bertz CT molecular complexity index is 1030. The van der Waals surface area contributed by atoms with E-state index in [-0.39, 0.29) is 37.0 Å². The van der Waals surface area contributed by atoms with Crippen LogP contribution in [0.25, 0.3) is 11.4 Å². The SMILES string of the molecule is Cc1ccc(NCC(=O)NNC(=O)CCc2nc(-c3ccc(F)c(C)c3)no2)cc1. The first-order valence-electron chi connectivity index (χ1n) is 9.38. The van der Waals surface area contributed by atoms with Gasteiger partial charge in [0.1, 0.15) is 5.82 Å². The van der Waals surface area contributed by atoms with Crippen molar-refractivity contribution in [1.29, 1.82) is 0 Å². The summed E-state index contributed by atoms with van der Waals surface area (Å²) in [5.41, 5.74) is 7.72. The van der Waals surface area contributed by atoms with E-state index in [1.54, 1.807) is 19.1 Å². The molecular formula is C21H22FN5O3. The topological polar surface area (TPSA) is 109 Å². The largest absolute Gasteiger partial charge is 0.376 e. The van der Waals surface area contributed by atoms with Gasteiger partial charge >= 0.3 is 0 Å². The predicted octanol–water partition coefficient (Wildman–Crippen LogP) is 2.68. The van der Waals surface area contributed by atoms with Gasteiger partial charge in [-0.3, -0.25) is 20.4 Å². The molecule has 1 aromatic heterocycles. The van der Waals surface area contributed by atoms with E-state index in [0.29, 0.717) is 17.0 Å². The Labute approximate surface area is 172 Å². The van der Waals surface area contributed by atoms with Gasteiger partial charge < -0.3 is 9.84 Å². The van der Waals surface area contributed by atoms with Gasteiger partial charge in [-0.1, -0.05) is 22.9 Å². The fraction of sp³-hybridized carbons (Fsp3) is 0.238. The second-order valence-electron chi connectivity index (χ2n) is 6.79. The number of amides is 2. The Morgan fingerprint density at radius 2 is 1.77 bits per heavy atom. The van der Waals surface area contributed by atoms with E-state index in [0.717, 1.165) is 11.3 Å². The lowest BCUT2D eigenvalue weighted by Gasteiger charge is -2.09. The number of aryl methyl sites for hydroxylation is 3. The molecule has 2 amide bonds. The standard InChI is InChI=1S/C21H22FN5O3/c1-13-3-6-16(7-4-13)23-12-19(29)26-25-18(28)9-10-20-24-21(27-30-20)15-5-8-17(22)14(2)11-15/h3-8,11,23H,9-10,12H2,1-2H3,(H,25,28)(H,26,29). The summed E-state index contributed by atoms with van der Waals surface area (Å²) in [6.07, 6.45) is 0.256. The monoisotopic (exact) mass is 411 g/mol. The molecule has 30 heavy (non-hydrogen) atoms. The highest BCUT2D eigenvalue weighted by molar-refractivity contribution is 5.84. The van der Waals surface area contributed by atoms with Crippen LogP contribution in [0.3, 0.4) is 0 Å². The number of halogens is 1. The van der Waals surface area contributed by atoms with Gasteiger partial charge in [-0.05, 0) is 49.7 Å². The van der Waals surface area contributed by atoms with Crippen molar-refractivity contribution in [2.75, 3.05) is 11.9 Å². The van der Waals surface area contributed by atoms with Crippen molar-refractivity contribution in [1.82, 2.24) is 21.0 Å². The Hall–Kier alpha value is -3.75. The fourth-order valence-corrected chi connectivity index (χ4v) is 2.58. The summed E-state index contributed by atoms with van der Waals surface area (Å²) in [6.45, 7) is 3.65. The van der Waals surface area contributed by atoms with E-state index >= 15 is 0 Å². The number of nitrogens with zero attached hydrogens (tertiary/aromatic N) is 2. The molecule has 0 radical (unpaired) electrons. The van der Waals surface area contributed by atoms with Crippen LogP contribution >= 0.6 is 0 Å². The molecule has 0 saturated carbocycles. The highest BCUT2D eigenvalue weighted by atomic mass is 19.1. The predicted molar refractivity (Wildman–Crippen MR) is 109 cm³/mol. The van der Waals surface area contributed by atoms with E-state index in [9.17, 15) is 14.0 Å². The van der Waals surface area contributed by atoms with Crippen LogP contribution < -0.4 is 16.2 Å². The normalized spacial score (nSPS) is 10.5. The van der Waals surface area contributed by atoms with Crippen molar-refractivity contribution in [2.24, 2.45) is 0 Å². The summed E-state index contributed by atoms with van der Waals surface area (Å²) >= 11 is 0. The molecule has 3 aromatic rings. The van der Waals surface area contributed by atoms with Crippen molar-refractivity contribution in [2.45, 2.75) is 26.7 Å². The van der Waals surface area contributed by atoms with Crippen LogP contribution in [0.2, 0.25) is 0 Å². The number of hydrazine groups is 1. The third-order valence-corrected chi connectivity index (χ3v) is 4.30. The van der Waals surface area contributed by atoms with Crippen LogP contribution in [0.5, 0.6) is 0 Å². The van der Waals surface area contributed by atoms with Gasteiger partial charge in [-0.2, -0.15) is 4.98 Å². The van der Waals surface area contributed by atoms with Crippen molar-refractivity contribution in [3.63, 3.8) is 0 Å². The van der Waals surface area contributed by atoms with Crippen LogP contribution in [0.15, 0.2) is 47.0 Å². The zero-order chi connectivity index (χ0) is 21.5. The van der Waals surface area contributed by atoms with Gasteiger partial charge in [0.05, 0.1) is 6.54 Å². The molecule has 0 spiro atoms. The molecule has 0 aliphatic carbocycles. The molecule has 0 aliphatic rings. The van der Waals surface area contributed by atoms with Gasteiger partial charge in [0.15, 0.2) is 0 Å². The molecule has 8 nitrogen and oxygen atoms in total. The molecule has 2 aromatic carbocycles. The Morgan fingerprint density at radius 3 is 2.50 bits per heavy atom. The molecule has 0 fully saturated rings. The number of carbonyl (C=O) groups is 2. The Balaban J connectivity index is 1.40. The molecule has 0 aliphatic heterocycles. The maximum absolute atomic E-state index is 13.4. The molecule has 0 saturated heterocycles. The number of anilines is 1. The molecule has 9 heteroatoms. The first kappa shape index (κ1) is 21.0. The van der Waals surface area contributed by atoms with Crippen LogP contribution in [-0.2, 0) is 16.0 Å². The van der Waals surface area contributed by atoms with Crippen LogP contribution in [0, 0.1) is 19.7 Å². The van der Waals surface area contributed by atoms with Gasteiger partial charge in [-0.25, -0.2) is 4.39 Å². The lowest BCUT2D eigenvalue weighted by molar-refractivity contribution is -0.128. The minimum absolute atomic E-state index is 0.0213. The number of hydrogen-bond donors (Lipinski definition) is 3. The van der Waals surface area contributed by atoms with Crippen molar-refractivity contribution in [3.05, 3.63) is 65.3 Å². The number of hydrogen-bond acceptors (Lipinski definition) is 6. The zero-order valence-corrected chi connectivity index (χ0v) is 16.7. The van der Waals surface area contributed by atoms with Gasteiger partial charge in [0.2, 0.25) is 17.6 Å². The minimum Gasteiger partial charge on any atom is -0.376 e. The maximum Gasteiger partial charge on any atom is 0.257 e. The summed E-state index contributed by atoms with van der Waals surface area (Å²) in [5.74, 6) is -0.486. The molecule has 3 N–H and O–H groups in total. The number of aromatic nitrogens is 2. The fourth-order valence-electron chi connectivity index (χ4n) is 2.58. The Kier molecular flexibility index (Phi) is 6.74. The summed E-state index contributed by atoms with van der Waals surface area (Å²) in [6, 6.07) is 12.1. The smallest absolute Gasteiger partial charge is 0.257 e. The third kappa shape index (κ3) is 5.87. The highest BCUT2D eigenvalue weighted by Gasteiger charge is 2.12. The van der Waals surface area contributed by atoms with Crippen LogP contribution in [-0.4, -0.2) is 28.5 Å². The second kappa shape index (κ2) is 9.64. The Morgan fingerprint density at radius 1 is 1.03 bits per heavy atom. The lowest BCUT2D eigenvalue weighted by Crippen LogP contribution is -2.44. The summed E-state index contributed by atoms with van der Waals surface area (Å²) in [4.78, 5) is 27.9. The third-order valence-electron chi connectivity index (χ3n) is 4.30. The van der Waals surface area contributed by atoms with E-state index in [1.165, 1.54) is 6.07 Å². The van der Waals surface area contributed by atoms with Crippen molar-refractivity contribution < 1.29 is 18.5 Å². The summed E-state index contributed by atoms with van der Waals surface area (Å²) < 4.78 is 18.5. The molecule has 156 valence electrons. The molecule has 0 bridgehead atoms. The summed E-state index contributed by atoms with van der Waals surface area (Å²) in [5, 5.41) is 6.81. The van der Waals surface area contributed by atoms with E-state index in [2.05, 4.69) is 26.3 Å². The number of rotatable bonds is 7. The average Bonchev–Trinajstić information content (AvgIpc) is 3.21. The van der Waals surface area contributed by atoms with Crippen LogP contribution in [0.1, 0.15) is 23.4 Å². The first-order chi connectivity index (χ1) is 14.4. The highest BCUT2D eigenvalue weighted by Crippen LogP contribution is 2.19. The van der Waals surface area contributed by atoms with E-state index in [4.69, 9.17) is 4.52 Å². The van der Waals surface area contributed by atoms with Gasteiger partial charge in [0, 0.05) is 24.1 Å². The quantitative estimate of drug-likeness (QED) is 0.516. The molecular weight excluding hydrogens is 389 g/mol. The first-order valence-corrected chi connectivity index (χ1v) is 9.38. The van der Waals surface area contributed by atoms with E-state index < -0.39 is 5.91 Å². The lowest BCUT2D eigenvalue weighted by atomic mass is 10.1. The molecule has 3 rings (SSSR count). The van der Waals surface area contributed by atoms with E-state index in [1.807, 2.05) is 31.2 Å². The molecule has 1 heterocycles. The molecule has 0 atom stereocenters. The zero-order valence-electron chi connectivity index (χ0n) is 16.7. The van der Waals surface area contributed by atoms with Crippen molar-refractivity contribution in [3.8, 4) is 11.4 Å². The average molecular weight is 411 g/mol. The summed E-state index contributed by atoms with van der Waals surface area (Å²) in [7, 11) is 0.